The molecule has 0 spiro atoms. The molecule has 0 amide bonds. The Labute approximate surface area is 116 Å². The van der Waals surface area contributed by atoms with Crippen LogP contribution in [0.25, 0.3) is 0 Å². The summed E-state index contributed by atoms with van der Waals surface area (Å²) in [5.74, 6) is -2.60. The Bertz CT molecular complexity index is 468. The molecule has 0 aromatic rings. The number of esters is 2. The zero-order chi connectivity index (χ0) is 14.9. The van der Waals surface area contributed by atoms with Crippen molar-refractivity contribution < 1.29 is 29.3 Å². The molecule has 3 unspecified atom stereocenters. The van der Waals surface area contributed by atoms with Crippen molar-refractivity contribution in [1.29, 1.82) is 0 Å². The molecule has 1 aliphatic heterocycles. The van der Waals surface area contributed by atoms with Crippen molar-refractivity contribution in [3.8, 4) is 0 Å². The standard InChI is InChI=1S/C14H18O6/c1-8(2)5-14(7-11(15)20-18)4-3-9-10(6-14)13(17)19-12(9)16/h9-10,18H,1,3-7H2,2H3. The molecular weight excluding hydrogens is 264 g/mol. The van der Waals surface area contributed by atoms with Gasteiger partial charge in [0, 0.05) is 0 Å². The van der Waals surface area contributed by atoms with E-state index >= 15 is 0 Å². The summed E-state index contributed by atoms with van der Waals surface area (Å²) in [4.78, 5) is 38.4. The molecule has 6 heteroatoms. The molecule has 1 saturated heterocycles. The van der Waals surface area contributed by atoms with Crippen LogP contribution in [-0.2, 0) is 24.0 Å². The fourth-order valence-electron chi connectivity index (χ4n) is 3.52. The molecular formula is C14H18O6. The average Bonchev–Trinajstić information content (AvgIpc) is 2.63. The molecule has 2 rings (SSSR count). The van der Waals surface area contributed by atoms with Gasteiger partial charge in [-0.15, -0.1) is 6.58 Å². The van der Waals surface area contributed by atoms with Gasteiger partial charge in [0.1, 0.15) is 0 Å². The van der Waals surface area contributed by atoms with Gasteiger partial charge in [0.25, 0.3) is 0 Å². The first-order valence-electron chi connectivity index (χ1n) is 6.61. The summed E-state index contributed by atoms with van der Waals surface area (Å²) in [7, 11) is 0. The van der Waals surface area contributed by atoms with Crippen LogP contribution >= 0.6 is 0 Å². The predicted octanol–water partition coefficient (Wildman–Crippen LogP) is 1.84. The molecule has 0 aromatic carbocycles. The van der Waals surface area contributed by atoms with Crippen molar-refractivity contribution in [3.63, 3.8) is 0 Å². The topological polar surface area (TPSA) is 89.9 Å². The molecule has 0 aromatic heterocycles. The monoisotopic (exact) mass is 282 g/mol. The van der Waals surface area contributed by atoms with Gasteiger partial charge in [0.15, 0.2) is 0 Å². The molecule has 2 fully saturated rings. The normalized spacial score (nSPS) is 32.5. The number of cyclic esters (lactones) is 2. The molecule has 1 heterocycles. The summed E-state index contributed by atoms with van der Waals surface area (Å²) in [5, 5.41) is 8.48. The summed E-state index contributed by atoms with van der Waals surface area (Å²) < 4.78 is 4.67. The van der Waals surface area contributed by atoms with Gasteiger partial charge in [-0.25, -0.2) is 4.79 Å². The number of hydrogen-bond donors (Lipinski definition) is 1. The van der Waals surface area contributed by atoms with Crippen LogP contribution in [-0.4, -0.2) is 23.2 Å². The lowest BCUT2D eigenvalue weighted by Crippen LogP contribution is -2.37. The van der Waals surface area contributed by atoms with Crippen LogP contribution in [0.3, 0.4) is 0 Å². The summed E-state index contributed by atoms with van der Waals surface area (Å²) in [6.07, 6.45) is 2.03. The highest BCUT2D eigenvalue weighted by Gasteiger charge is 2.52. The molecule has 0 radical (unpaired) electrons. The highest BCUT2D eigenvalue weighted by atomic mass is 17.1. The average molecular weight is 282 g/mol. The lowest BCUT2D eigenvalue weighted by molar-refractivity contribution is -0.237. The van der Waals surface area contributed by atoms with Crippen molar-refractivity contribution >= 4 is 17.9 Å². The molecule has 6 nitrogen and oxygen atoms in total. The van der Waals surface area contributed by atoms with Crippen LogP contribution in [0.1, 0.15) is 39.0 Å². The van der Waals surface area contributed by atoms with E-state index in [1.165, 1.54) is 0 Å². The van der Waals surface area contributed by atoms with Crippen LogP contribution in [0.15, 0.2) is 12.2 Å². The van der Waals surface area contributed by atoms with Crippen LogP contribution in [0.5, 0.6) is 0 Å². The third kappa shape index (κ3) is 2.75. The Hall–Kier alpha value is -1.69. The first kappa shape index (κ1) is 14.7. The fourth-order valence-corrected chi connectivity index (χ4v) is 3.52. The molecule has 1 aliphatic carbocycles. The number of hydrogen-bond acceptors (Lipinski definition) is 6. The Morgan fingerprint density at radius 2 is 2.05 bits per heavy atom. The van der Waals surface area contributed by atoms with Crippen LogP contribution in [0.2, 0.25) is 0 Å². The molecule has 1 saturated carbocycles. The zero-order valence-electron chi connectivity index (χ0n) is 11.4. The minimum absolute atomic E-state index is 0.00104. The van der Waals surface area contributed by atoms with Crippen LogP contribution in [0.4, 0.5) is 0 Å². The van der Waals surface area contributed by atoms with Gasteiger partial charge in [-0.05, 0) is 38.0 Å². The van der Waals surface area contributed by atoms with Crippen molar-refractivity contribution in [2.75, 3.05) is 0 Å². The number of rotatable bonds is 4. The molecule has 20 heavy (non-hydrogen) atoms. The van der Waals surface area contributed by atoms with Crippen molar-refractivity contribution in [1.82, 2.24) is 0 Å². The van der Waals surface area contributed by atoms with Gasteiger partial charge in [0.05, 0.1) is 18.3 Å². The Morgan fingerprint density at radius 1 is 1.40 bits per heavy atom. The van der Waals surface area contributed by atoms with Crippen LogP contribution in [0, 0.1) is 17.3 Å². The number of allylic oxidation sites excluding steroid dienone is 1. The molecule has 110 valence electrons. The molecule has 1 N–H and O–H groups in total. The maximum Gasteiger partial charge on any atom is 0.342 e. The van der Waals surface area contributed by atoms with E-state index in [-0.39, 0.29) is 6.42 Å². The summed E-state index contributed by atoms with van der Waals surface area (Å²) in [5.41, 5.74) is 0.378. The van der Waals surface area contributed by atoms with Gasteiger partial charge in [-0.3, -0.25) is 9.59 Å². The maximum absolute atomic E-state index is 11.7. The van der Waals surface area contributed by atoms with Crippen LogP contribution < -0.4 is 0 Å². The smallest absolute Gasteiger partial charge is 0.342 e. The summed E-state index contributed by atoms with van der Waals surface area (Å²) in [6, 6.07) is 0. The van der Waals surface area contributed by atoms with Gasteiger partial charge in [-0.1, -0.05) is 5.57 Å². The summed E-state index contributed by atoms with van der Waals surface area (Å²) >= 11 is 0. The second kappa shape index (κ2) is 5.36. The number of carbonyl (C=O) groups excluding carboxylic acids is 3. The molecule has 2 aliphatic rings. The van der Waals surface area contributed by atoms with E-state index in [4.69, 9.17) is 5.26 Å². The first-order valence-corrected chi connectivity index (χ1v) is 6.61. The van der Waals surface area contributed by atoms with Crippen molar-refractivity contribution in [3.05, 3.63) is 12.2 Å². The predicted molar refractivity (Wildman–Crippen MR) is 67.1 cm³/mol. The maximum atomic E-state index is 11.7. The first-order chi connectivity index (χ1) is 9.37. The van der Waals surface area contributed by atoms with E-state index in [1.54, 1.807) is 0 Å². The van der Waals surface area contributed by atoms with E-state index < -0.39 is 35.2 Å². The minimum atomic E-state index is -0.734. The van der Waals surface area contributed by atoms with Gasteiger partial charge in [0.2, 0.25) is 0 Å². The highest BCUT2D eigenvalue weighted by molar-refractivity contribution is 5.96. The number of ether oxygens (including phenoxy) is 1. The number of carbonyl (C=O) groups is 3. The quantitative estimate of drug-likeness (QED) is 0.278. The Morgan fingerprint density at radius 3 is 2.65 bits per heavy atom. The van der Waals surface area contributed by atoms with E-state index in [0.717, 1.165) is 5.57 Å². The van der Waals surface area contributed by atoms with E-state index in [9.17, 15) is 14.4 Å². The second-order valence-corrected chi connectivity index (χ2v) is 5.97. The minimum Gasteiger partial charge on any atom is -0.393 e. The van der Waals surface area contributed by atoms with E-state index in [1.807, 2.05) is 6.92 Å². The van der Waals surface area contributed by atoms with Gasteiger partial charge in [-0.2, -0.15) is 5.26 Å². The van der Waals surface area contributed by atoms with E-state index in [2.05, 4.69) is 16.2 Å². The fraction of sp³-hybridized carbons (Fsp3) is 0.643. The number of fused-ring (bicyclic) bond motifs is 1. The van der Waals surface area contributed by atoms with E-state index in [0.29, 0.717) is 25.7 Å². The molecule has 0 bridgehead atoms. The van der Waals surface area contributed by atoms with Gasteiger partial charge < -0.3 is 9.62 Å². The third-order valence-corrected chi connectivity index (χ3v) is 4.23. The van der Waals surface area contributed by atoms with Crippen molar-refractivity contribution in [2.24, 2.45) is 17.3 Å². The largest absolute Gasteiger partial charge is 0.393 e. The summed E-state index contributed by atoms with van der Waals surface area (Å²) in [6.45, 7) is 5.69. The Balaban J connectivity index is 2.21. The second-order valence-electron chi connectivity index (χ2n) is 5.97. The lowest BCUT2D eigenvalue weighted by atomic mass is 9.62. The SMILES string of the molecule is C=C(C)CC1(CC(=O)OO)CCC2C(=O)OC(=O)C2C1. The molecule has 3 atom stereocenters. The zero-order valence-corrected chi connectivity index (χ0v) is 11.4. The Kier molecular flexibility index (Phi) is 3.94. The highest BCUT2D eigenvalue weighted by Crippen LogP contribution is 2.50. The third-order valence-electron chi connectivity index (χ3n) is 4.23. The van der Waals surface area contributed by atoms with Gasteiger partial charge >= 0.3 is 17.9 Å². The lowest BCUT2D eigenvalue weighted by Gasteiger charge is -2.39. The van der Waals surface area contributed by atoms with Crippen molar-refractivity contribution in [2.45, 2.75) is 39.0 Å².